The standard InChI is InChI=1S/C14H25N3O3/c1-3-14(4-2)7-10(5-6-20-14)17-13(19)11-8-16-12(18)9-15-11/h10-11,15H,3-9H2,1-2H3,(H,16,18)(H,17,19). The third-order valence-corrected chi connectivity index (χ3v) is 4.46. The van der Waals surface area contributed by atoms with Gasteiger partial charge in [0.1, 0.15) is 6.04 Å². The summed E-state index contributed by atoms with van der Waals surface area (Å²) in [4.78, 5) is 23.3. The fourth-order valence-electron chi connectivity index (χ4n) is 2.95. The summed E-state index contributed by atoms with van der Waals surface area (Å²) in [7, 11) is 0. The summed E-state index contributed by atoms with van der Waals surface area (Å²) in [6.07, 6.45) is 3.65. The molecule has 0 aromatic rings. The topological polar surface area (TPSA) is 79.5 Å². The third-order valence-electron chi connectivity index (χ3n) is 4.46. The molecular formula is C14H25N3O3. The van der Waals surface area contributed by atoms with Crippen molar-refractivity contribution >= 4 is 11.8 Å². The van der Waals surface area contributed by atoms with Crippen LogP contribution in [0.3, 0.4) is 0 Å². The van der Waals surface area contributed by atoms with Gasteiger partial charge in [-0.25, -0.2) is 0 Å². The average molecular weight is 283 g/mol. The molecule has 2 fully saturated rings. The summed E-state index contributed by atoms with van der Waals surface area (Å²) in [5, 5.41) is 8.75. The number of hydrogen-bond donors (Lipinski definition) is 3. The van der Waals surface area contributed by atoms with Crippen LogP contribution in [-0.4, -0.2) is 49.2 Å². The molecule has 0 spiro atoms. The lowest BCUT2D eigenvalue weighted by Gasteiger charge is -2.40. The number of carbonyl (C=O) groups is 2. The minimum Gasteiger partial charge on any atom is -0.375 e. The van der Waals surface area contributed by atoms with Crippen molar-refractivity contribution in [3.8, 4) is 0 Å². The van der Waals surface area contributed by atoms with E-state index < -0.39 is 0 Å². The molecule has 2 aliphatic rings. The van der Waals surface area contributed by atoms with Crippen LogP contribution in [0.25, 0.3) is 0 Å². The first-order valence-electron chi connectivity index (χ1n) is 7.53. The van der Waals surface area contributed by atoms with Crippen LogP contribution < -0.4 is 16.0 Å². The van der Waals surface area contributed by atoms with E-state index >= 15 is 0 Å². The minimum atomic E-state index is -0.326. The fourth-order valence-corrected chi connectivity index (χ4v) is 2.95. The third kappa shape index (κ3) is 3.49. The van der Waals surface area contributed by atoms with E-state index in [4.69, 9.17) is 4.74 Å². The number of piperazine rings is 1. The summed E-state index contributed by atoms with van der Waals surface area (Å²) in [5.74, 6) is -0.0888. The smallest absolute Gasteiger partial charge is 0.239 e. The maximum absolute atomic E-state index is 12.2. The molecule has 0 bridgehead atoms. The van der Waals surface area contributed by atoms with Crippen molar-refractivity contribution in [1.82, 2.24) is 16.0 Å². The highest BCUT2D eigenvalue weighted by molar-refractivity contribution is 5.86. The van der Waals surface area contributed by atoms with E-state index in [0.29, 0.717) is 13.2 Å². The minimum absolute atomic E-state index is 0.0296. The van der Waals surface area contributed by atoms with Gasteiger partial charge in [-0.05, 0) is 25.7 Å². The largest absolute Gasteiger partial charge is 0.375 e. The molecule has 0 saturated carbocycles. The van der Waals surface area contributed by atoms with Crippen molar-refractivity contribution in [3.63, 3.8) is 0 Å². The van der Waals surface area contributed by atoms with Crippen LogP contribution in [0.4, 0.5) is 0 Å². The molecule has 6 heteroatoms. The zero-order chi connectivity index (χ0) is 14.6. The molecule has 0 radical (unpaired) electrons. The molecule has 6 nitrogen and oxygen atoms in total. The molecule has 2 unspecified atom stereocenters. The Balaban J connectivity index is 1.86. The van der Waals surface area contributed by atoms with Crippen molar-refractivity contribution in [2.75, 3.05) is 19.7 Å². The molecule has 2 rings (SSSR count). The second-order valence-electron chi connectivity index (χ2n) is 5.67. The van der Waals surface area contributed by atoms with Gasteiger partial charge in [0, 0.05) is 19.2 Å². The summed E-state index contributed by atoms with van der Waals surface area (Å²) in [6.45, 7) is 5.53. The first kappa shape index (κ1) is 15.3. The Morgan fingerprint density at radius 2 is 2.20 bits per heavy atom. The Morgan fingerprint density at radius 1 is 1.45 bits per heavy atom. The average Bonchev–Trinajstić information content (AvgIpc) is 2.48. The molecule has 20 heavy (non-hydrogen) atoms. The number of hydrogen-bond acceptors (Lipinski definition) is 4. The predicted octanol–water partition coefficient (Wildman–Crippen LogP) is -0.0716. The van der Waals surface area contributed by atoms with E-state index in [2.05, 4.69) is 29.8 Å². The highest BCUT2D eigenvalue weighted by Crippen LogP contribution is 2.31. The van der Waals surface area contributed by atoms with E-state index in [9.17, 15) is 9.59 Å². The molecule has 2 amide bonds. The zero-order valence-corrected chi connectivity index (χ0v) is 12.3. The maximum atomic E-state index is 12.2. The van der Waals surface area contributed by atoms with Gasteiger partial charge in [-0.15, -0.1) is 0 Å². The Labute approximate surface area is 120 Å². The molecule has 114 valence electrons. The normalized spacial score (nSPS) is 29.6. The fraction of sp³-hybridized carbons (Fsp3) is 0.857. The van der Waals surface area contributed by atoms with Crippen molar-refractivity contribution in [3.05, 3.63) is 0 Å². The summed E-state index contributed by atoms with van der Waals surface area (Å²) < 4.78 is 5.91. The van der Waals surface area contributed by atoms with Crippen LogP contribution in [-0.2, 0) is 14.3 Å². The summed E-state index contributed by atoms with van der Waals surface area (Å²) in [6, 6.07) is -0.163. The SMILES string of the molecule is CCC1(CC)CC(NC(=O)C2CNC(=O)CN2)CCO1. The van der Waals surface area contributed by atoms with Crippen molar-refractivity contribution in [2.45, 2.75) is 57.2 Å². The molecule has 3 N–H and O–H groups in total. The first-order chi connectivity index (χ1) is 9.58. The Hall–Kier alpha value is -1.14. The van der Waals surface area contributed by atoms with E-state index in [-0.39, 0.29) is 36.0 Å². The van der Waals surface area contributed by atoms with Crippen LogP contribution in [0.1, 0.15) is 39.5 Å². The van der Waals surface area contributed by atoms with E-state index in [1.54, 1.807) is 0 Å². The summed E-state index contributed by atoms with van der Waals surface area (Å²) in [5.41, 5.74) is -0.0929. The van der Waals surface area contributed by atoms with Gasteiger partial charge in [0.2, 0.25) is 11.8 Å². The predicted molar refractivity (Wildman–Crippen MR) is 75.2 cm³/mol. The Kier molecular flexibility index (Phi) is 4.99. The van der Waals surface area contributed by atoms with Crippen molar-refractivity contribution < 1.29 is 14.3 Å². The van der Waals surface area contributed by atoms with Crippen molar-refractivity contribution in [2.24, 2.45) is 0 Å². The van der Waals surface area contributed by atoms with Crippen LogP contribution >= 0.6 is 0 Å². The monoisotopic (exact) mass is 283 g/mol. The van der Waals surface area contributed by atoms with Crippen molar-refractivity contribution in [1.29, 1.82) is 0 Å². The lowest BCUT2D eigenvalue weighted by atomic mass is 9.86. The molecule has 0 aromatic heterocycles. The van der Waals surface area contributed by atoms with Gasteiger partial charge < -0.3 is 15.4 Å². The van der Waals surface area contributed by atoms with E-state index in [1.165, 1.54) is 0 Å². The van der Waals surface area contributed by atoms with Crippen LogP contribution in [0.2, 0.25) is 0 Å². The maximum Gasteiger partial charge on any atom is 0.239 e. The second kappa shape index (κ2) is 6.54. The highest BCUT2D eigenvalue weighted by Gasteiger charge is 2.36. The van der Waals surface area contributed by atoms with Gasteiger partial charge in [-0.1, -0.05) is 13.8 Å². The van der Waals surface area contributed by atoms with Crippen LogP contribution in [0.15, 0.2) is 0 Å². The molecule has 0 aromatic carbocycles. The quantitative estimate of drug-likeness (QED) is 0.675. The second-order valence-corrected chi connectivity index (χ2v) is 5.67. The van der Waals surface area contributed by atoms with Gasteiger partial charge in [0.05, 0.1) is 12.1 Å². The molecular weight excluding hydrogens is 258 g/mol. The zero-order valence-electron chi connectivity index (χ0n) is 12.3. The van der Waals surface area contributed by atoms with Crippen LogP contribution in [0.5, 0.6) is 0 Å². The van der Waals surface area contributed by atoms with Gasteiger partial charge in [0.15, 0.2) is 0 Å². The molecule has 2 saturated heterocycles. The Bertz CT molecular complexity index is 359. The molecule has 2 aliphatic heterocycles. The lowest BCUT2D eigenvalue weighted by molar-refractivity contribution is -0.129. The van der Waals surface area contributed by atoms with Gasteiger partial charge in [0.25, 0.3) is 0 Å². The Morgan fingerprint density at radius 3 is 2.80 bits per heavy atom. The van der Waals surface area contributed by atoms with E-state index in [0.717, 1.165) is 25.7 Å². The first-order valence-corrected chi connectivity index (χ1v) is 7.53. The number of amides is 2. The van der Waals surface area contributed by atoms with Gasteiger partial charge in [-0.3, -0.25) is 14.9 Å². The molecule has 0 aliphatic carbocycles. The van der Waals surface area contributed by atoms with Gasteiger partial charge >= 0.3 is 0 Å². The van der Waals surface area contributed by atoms with E-state index in [1.807, 2.05) is 0 Å². The molecule has 2 heterocycles. The molecule has 2 atom stereocenters. The highest BCUT2D eigenvalue weighted by atomic mass is 16.5. The number of rotatable bonds is 4. The van der Waals surface area contributed by atoms with Crippen LogP contribution in [0, 0.1) is 0 Å². The number of carbonyl (C=O) groups excluding carboxylic acids is 2. The summed E-state index contributed by atoms with van der Waals surface area (Å²) >= 11 is 0. The number of ether oxygens (including phenoxy) is 1. The van der Waals surface area contributed by atoms with Gasteiger partial charge in [-0.2, -0.15) is 0 Å². The number of nitrogens with one attached hydrogen (secondary N) is 3. The lowest BCUT2D eigenvalue weighted by Crippen LogP contribution is -2.60.